The van der Waals surface area contributed by atoms with E-state index in [0.29, 0.717) is 5.92 Å². The Kier molecular flexibility index (Phi) is 4.64. The summed E-state index contributed by atoms with van der Waals surface area (Å²) in [6.07, 6.45) is 9.59. The van der Waals surface area contributed by atoms with Gasteiger partial charge in [0.25, 0.3) is 0 Å². The second-order valence-corrected chi connectivity index (χ2v) is 10.3. The van der Waals surface area contributed by atoms with Gasteiger partial charge in [0.2, 0.25) is 5.91 Å². The molecule has 0 unspecified atom stereocenters. The summed E-state index contributed by atoms with van der Waals surface area (Å²) in [6, 6.07) is -0.330. The summed E-state index contributed by atoms with van der Waals surface area (Å²) in [5, 5.41) is 15.0. The van der Waals surface area contributed by atoms with Gasteiger partial charge < -0.3 is 9.88 Å². The van der Waals surface area contributed by atoms with E-state index in [2.05, 4.69) is 32.3 Å². The van der Waals surface area contributed by atoms with Crippen molar-refractivity contribution in [1.82, 2.24) is 25.4 Å². The summed E-state index contributed by atoms with van der Waals surface area (Å²) in [5.74, 6) is 3.76. The van der Waals surface area contributed by atoms with Crippen LogP contribution in [0.3, 0.4) is 0 Å². The van der Waals surface area contributed by atoms with E-state index in [1.165, 1.54) is 43.9 Å². The topological polar surface area (TPSA) is 88.9 Å². The maximum atomic E-state index is 12.5. The van der Waals surface area contributed by atoms with Crippen molar-refractivity contribution >= 4 is 23.7 Å². The fraction of sp³-hybridized carbons (Fsp3) is 0.800. The first kappa shape index (κ1) is 18.5. The maximum absolute atomic E-state index is 12.5. The van der Waals surface area contributed by atoms with E-state index >= 15 is 0 Å². The molecule has 2 N–H and O–H groups in total. The first-order chi connectivity index (χ1) is 13.5. The van der Waals surface area contributed by atoms with Crippen molar-refractivity contribution in [2.75, 3.05) is 5.75 Å². The van der Waals surface area contributed by atoms with E-state index < -0.39 is 0 Å². The van der Waals surface area contributed by atoms with Crippen LogP contribution in [0.2, 0.25) is 0 Å². The molecule has 1 aromatic heterocycles. The van der Waals surface area contributed by atoms with Crippen LogP contribution >= 0.6 is 11.8 Å². The van der Waals surface area contributed by atoms with Gasteiger partial charge in [-0.2, -0.15) is 0 Å². The number of thioether (sulfide) groups is 1. The maximum Gasteiger partial charge on any atom is 0.321 e. The molecule has 0 aliphatic heterocycles. The first-order valence-corrected chi connectivity index (χ1v) is 11.7. The van der Waals surface area contributed by atoms with Gasteiger partial charge in [0, 0.05) is 18.0 Å². The third-order valence-electron chi connectivity index (χ3n) is 7.01. The van der Waals surface area contributed by atoms with Crippen LogP contribution in [0.25, 0.3) is 0 Å². The highest BCUT2D eigenvalue weighted by Gasteiger charge is 2.51. The summed E-state index contributed by atoms with van der Waals surface area (Å²) in [7, 11) is 0. The van der Waals surface area contributed by atoms with E-state index in [9.17, 15) is 9.59 Å². The second-order valence-electron chi connectivity index (χ2n) is 9.35. The molecule has 5 saturated carbocycles. The zero-order chi connectivity index (χ0) is 19.3. The molecule has 5 aliphatic rings. The standard InChI is InChI=1S/C20H29N5O2S/c1-2-25-17(15-3-4-15)23-24-19(25)28-11-16(26)21-18(27)22-20-8-12-5-13(9-20)7-14(6-12)10-20/h12-15H,2-11H2,1H3,(H2,21,22,26,27). The Morgan fingerprint density at radius 2 is 1.75 bits per heavy atom. The van der Waals surface area contributed by atoms with Gasteiger partial charge in [0.15, 0.2) is 5.16 Å². The van der Waals surface area contributed by atoms with Gasteiger partial charge in [-0.1, -0.05) is 11.8 Å². The normalized spacial score (nSPS) is 33.1. The average Bonchev–Trinajstić information content (AvgIpc) is 3.38. The van der Waals surface area contributed by atoms with Crippen molar-refractivity contribution in [2.45, 2.75) is 81.4 Å². The van der Waals surface area contributed by atoms with E-state index in [0.717, 1.165) is 54.5 Å². The van der Waals surface area contributed by atoms with Crippen molar-refractivity contribution in [3.05, 3.63) is 5.82 Å². The lowest BCUT2D eigenvalue weighted by molar-refractivity contribution is -0.117. The monoisotopic (exact) mass is 403 g/mol. The fourth-order valence-electron chi connectivity index (χ4n) is 6.18. The number of nitrogens with one attached hydrogen (secondary N) is 2. The molecule has 3 amide bonds. The Labute approximate surface area is 169 Å². The SMILES string of the molecule is CCn1c(SCC(=O)NC(=O)NC23CC4CC(CC(C4)C2)C3)nnc1C1CC1. The van der Waals surface area contributed by atoms with E-state index in [1.54, 1.807) is 0 Å². The van der Waals surface area contributed by atoms with Crippen LogP contribution in [0.15, 0.2) is 5.16 Å². The van der Waals surface area contributed by atoms with Gasteiger partial charge in [0.1, 0.15) is 5.82 Å². The zero-order valence-corrected chi connectivity index (χ0v) is 17.3. The first-order valence-electron chi connectivity index (χ1n) is 10.7. The lowest BCUT2D eigenvalue weighted by Crippen LogP contribution is -2.61. The molecule has 5 aliphatic carbocycles. The minimum absolute atomic E-state index is 0.0756. The Morgan fingerprint density at radius 3 is 2.32 bits per heavy atom. The summed E-state index contributed by atoms with van der Waals surface area (Å²) < 4.78 is 2.09. The number of carbonyl (C=O) groups excluding carboxylic acids is 2. The molecule has 8 heteroatoms. The molecule has 0 aromatic carbocycles. The third kappa shape index (κ3) is 3.55. The lowest BCUT2D eigenvalue weighted by atomic mass is 9.53. The highest BCUT2D eigenvalue weighted by Crippen LogP contribution is 2.55. The number of urea groups is 1. The Hall–Kier alpha value is -1.57. The minimum atomic E-state index is -0.330. The van der Waals surface area contributed by atoms with Crippen molar-refractivity contribution < 1.29 is 9.59 Å². The summed E-state index contributed by atoms with van der Waals surface area (Å²) in [5.41, 5.74) is -0.0756. The van der Waals surface area contributed by atoms with Crippen molar-refractivity contribution in [1.29, 1.82) is 0 Å². The second kappa shape index (κ2) is 7.04. The van der Waals surface area contributed by atoms with Gasteiger partial charge in [0.05, 0.1) is 5.75 Å². The summed E-state index contributed by atoms with van der Waals surface area (Å²) >= 11 is 1.35. The summed E-state index contributed by atoms with van der Waals surface area (Å²) in [6.45, 7) is 2.87. The van der Waals surface area contributed by atoms with E-state index in [1.807, 2.05) is 0 Å². The van der Waals surface area contributed by atoms with Crippen LogP contribution in [0.1, 0.15) is 70.0 Å². The number of hydrogen-bond acceptors (Lipinski definition) is 5. The molecule has 1 aromatic rings. The van der Waals surface area contributed by atoms with Crippen molar-refractivity contribution in [3.63, 3.8) is 0 Å². The Balaban J connectivity index is 1.14. The summed E-state index contributed by atoms with van der Waals surface area (Å²) in [4.78, 5) is 24.8. The van der Waals surface area contributed by atoms with Crippen LogP contribution in [-0.4, -0.2) is 38.0 Å². The Morgan fingerprint density at radius 1 is 1.11 bits per heavy atom. The van der Waals surface area contributed by atoms with Gasteiger partial charge in [-0.3, -0.25) is 10.1 Å². The number of rotatable bonds is 6. The highest BCUT2D eigenvalue weighted by atomic mass is 32.2. The van der Waals surface area contributed by atoms with Crippen molar-refractivity contribution in [3.8, 4) is 0 Å². The number of aromatic nitrogens is 3. The molecule has 7 nitrogen and oxygen atoms in total. The largest absolute Gasteiger partial charge is 0.332 e. The van der Waals surface area contributed by atoms with Crippen LogP contribution in [-0.2, 0) is 11.3 Å². The number of amides is 3. The van der Waals surface area contributed by atoms with Crippen molar-refractivity contribution in [2.24, 2.45) is 17.8 Å². The van der Waals surface area contributed by atoms with E-state index in [-0.39, 0.29) is 23.2 Å². The minimum Gasteiger partial charge on any atom is -0.332 e. The smallest absolute Gasteiger partial charge is 0.321 e. The molecule has 1 heterocycles. The quantitative estimate of drug-likeness (QED) is 0.713. The number of hydrogen-bond donors (Lipinski definition) is 2. The molecule has 152 valence electrons. The number of carbonyl (C=O) groups is 2. The molecular formula is C20H29N5O2S. The molecule has 4 bridgehead atoms. The van der Waals surface area contributed by atoms with Crippen LogP contribution in [0.5, 0.6) is 0 Å². The molecule has 0 atom stereocenters. The number of nitrogens with zero attached hydrogens (tertiary/aromatic N) is 3. The molecule has 0 saturated heterocycles. The average molecular weight is 404 g/mol. The molecule has 5 fully saturated rings. The Bertz CT molecular complexity index is 752. The third-order valence-corrected chi connectivity index (χ3v) is 7.97. The molecule has 6 rings (SSSR count). The predicted molar refractivity (Wildman–Crippen MR) is 106 cm³/mol. The number of imide groups is 1. The predicted octanol–water partition coefficient (Wildman–Crippen LogP) is 3.06. The van der Waals surface area contributed by atoms with Gasteiger partial charge in [-0.05, 0) is 76.0 Å². The highest BCUT2D eigenvalue weighted by molar-refractivity contribution is 7.99. The van der Waals surface area contributed by atoms with Gasteiger partial charge in [-0.15, -0.1) is 10.2 Å². The molecular weight excluding hydrogens is 374 g/mol. The van der Waals surface area contributed by atoms with Crippen LogP contribution in [0, 0.1) is 17.8 Å². The van der Waals surface area contributed by atoms with Crippen LogP contribution in [0.4, 0.5) is 4.79 Å². The van der Waals surface area contributed by atoms with E-state index in [4.69, 9.17) is 0 Å². The van der Waals surface area contributed by atoms with Crippen LogP contribution < -0.4 is 10.6 Å². The molecule has 0 spiro atoms. The molecule has 28 heavy (non-hydrogen) atoms. The van der Waals surface area contributed by atoms with Gasteiger partial charge in [-0.25, -0.2) is 4.79 Å². The lowest BCUT2D eigenvalue weighted by Gasteiger charge is -2.56. The zero-order valence-electron chi connectivity index (χ0n) is 16.4. The molecule has 0 radical (unpaired) electrons. The van der Waals surface area contributed by atoms with Gasteiger partial charge >= 0.3 is 6.03 Å². The fourth-order valence-corrected chi connectivity index (χ4v) is 6.99.